The summed E-state index contributed by atoms with van der Waals surface area (Å²) in [7, 11) is 0. The van der Waals surface area contributed by atoms with Crippen LogP contribution in [0.25, 0.3) is 0 Å². The molecule has 0 aliphatic heterocycles. The smallest absolute Gasteiger partial charge is 0.146 e. The third-order valence-electron chi connectivity index (χ3n) is 2.68. The Morgan fingerprint density at radius 1 is 1.21 bits per heavy atom. The van der Waals surface area contributed by atoms with Crippen LogP contribution >= 0.6 is 11.8 Å². The third-order valence-corrected chi connectivity index (χ3v) is 3.46. The topological polar surface area (TPSA) is 33.0 Å². The van der Waals surface area contributed by atoms with Gasteiger partial charge in [-0.2, -0.15) is 5.26 Å². The van der Waals surface area contributed by atoms with Gasteiger partial charge < -0.3 is 4.74 Å². The van der Waals surface area contributed by atoms with E-state index in [0.717, 1.165) is 4.90 Å². The number of rotatable bonds is 3. The molecule has 96 valence electrons. The van der Waals surface area contributed by atoms with Crippen LogP contribution < -0.4 is 4.74 Å². The second-order valence-electron chi connectivity index (χ2n) is 3.96. The molecule has 0 fully saturated rings. The molecular weight excluding hydrogens is 261 g/mol. The minimum Gasteiger partial charge on any atom is -0.456 e. The molecule has 2 aromatic rings. The lowest BCUT2D eigenvalue weighted by molar-refractivity contribution is 0.473. The first-order valence-corrected chi connectivity index (χ1v) is 6.89. The predicted octanol–water partition coefficient (Wildman–Crippen LogP) is 4.52. The van der Waals surface area contributed by atoms with Gasteiger partial charge in [-0.3, -0.25) is 0 Å². The van der Waals surface area contributed by atoms with E-state index in [2.05, 4.69) is 6.07 Å². The van der Waals surface area contributed by atoms with Crippen molar-refractivity contribution in [3.05, 3.63) is 53.3 Å². The number of nitrogens with zero attached hydrogens (tertiary/aromatic N) is 1. The van der Waals surface area contributed by atoms with E-state index in [1.165, 1.54) is 23.9 Å². The lowest BCUT2D eigenvalue weighted by atomic mass is 10.2. The fourth-order valence-electron chi connectivity index (χ4n) is 1.72. The van der Waals surface area contributed by atoms with E-state index in [9.17, 15) is 9.65 Å². The summed E-state index contributed by atoms with van der Waals surface area (Å²) >= 11 is 1.49. The Morgan fingerprint density at radius 3 is 2.63 bits per heavy atom. The molecule has 0 aliphatic carbocycles. The molecular formula is C15H12FNOS. The summed E-state index contributed by atoms with van der Waals surface area (Å²) in [5, 5.41) is 9.22. The standard InChI is InChI=1S/C15H12FNOS/c1-10-8-11(16)6-7-13(10)18-14-4-3-5-15(19-2)12(14)9-17/h3-8H,1-2H3. The number of benzene rings is 2. The summed E-state index contributed by atoms with van der Waals surface area (Å²) in [6.45, 7) is 1.77. The number of ether oxygens (including phenoxy) is 1. The van der Waals surface area contributed by atoms with Gasteiger partial charge in [0.1, 0.15) is 28.9 Å². The molecule has 0 radical (unpaired) electrons. The van der Waals surface area contributed by atoms with Crippen LogP contribution in [0.15, 0.2) is 41.3 Å². The molecule has 0 aliphatic rings. The molecule has 0 heterocycles. The van der Waals surface area contributed by atoms with Crippen LogP contribution in [-0.2, 0) is 0 Å². The Hall–Kier alpha value is -1.99. The molecule has 0 N–H and O–H groups in total. The minimum atomic E-state index is -0.303. The number of nitriles is 1. The summed E-state index contributed by atoms with van der Waals surface area (Å²) in [4.78, 5) is 0.861. The van der Waals surface area contributed by atoms with Crippen molar-refractivity contribution in [3.63, 3.8) is 0 Å². The average molecular weight is 273 g/mol. The van der Waals surface area contributed by atoms with Gasteiger partial charge in [0, 0.05) is 4.90 Å². The van der Waals surface area contributed by atoms with E-state index >= 15 is 0 Å². The first kappa shape index (κ1) is 13.4. The molecule has 0 saturated heterocycles. The first-order chi connectivity index (χ1) is 9.15. The summed E-state index contributed by atoms with van der Waals surface area (Å²) in [6, 6.07) is 11.9. The maximum absolute atomic E-state index is 13.0. The lowest BCUT2D eigenvalue weighted by Crippen LogP contribution is -1.92. The quantitative estimate of drug-likeness (QED) is 0.771. The number of halogens is 1. The maximum Gasteiger partial charge on any atom is 0.146 e. The van der Waals surface area contributed by atoms with Crippen LogP contribution in [0.5, 0.6) is 11.5 Å². The first-order valence-electron chi connectivity index (χ1n) is 5.67. The molecule has 0 amide bonds. The normalized spacial score (nSPS) is 10.0. The van der Waals surface area contributed by atoms with Gasteiger partial charge >= 0.3 is 0 Å². The van der Waals surface area contributed by atoms with Crippen molar-refractivity contribution < 1.29 is 9.13 Å². The number of hydrogen-bond donors (Lipinski definition) is 0. The number of thioether (sulfide) groups is 1. The van der Waals surface area contributed by atoms with E-state index in [0.29, 0.717) is 22.6 Å². The largest absolute Gasteiger partial charge is 0.456 e. The zero-order valence-electron chi connectivity index (χ0n) is 10.6. The second-order valence-corrected chi connectivity index (χ2v) is 4.81. The van der Waals surface area contributed by atoms with E-state index < -0.39 is 0 Å². The summed E-state index contributed by atoms with van der Waals surface area (Å²) in [5.41, 5.74) is 1.19. The zero-order chi connectivity index (χ0) is 13.8. The molecule has 0 saturated carbocycles. The molecule has 2 aromatic carbocycles. The van der Waals surface area contributed by atoms with Gasteiger partial charge in [-0.25, -0.2) is 4.39 Å². The molecule has 0 atom stereocenters. The van der Waals surface area contributed by atoms with Crippen molar-refractivity contribution in [3.8, 4) is 17.6 Å². The molecule has 4 heteroatoms. The highest BCUT2D eigenvalue weighted by Gasteiger charge is 2.10. The third kappa shape index (κ3) is 2.88. The molecule has 2 nitrogen and oxygen atoms in total. The average Bonchev–Trinajstić information content (AvgIpc) is 2.41. The van der Waals surface area contributed by atoms with Crippen molar-refractivity contribution >= 4 is 11.8 Å². The Morgan fingerprint density at radius 2 is 2.00 bits per heavy atom. The Kier molecular flexibility index (Phi) is 4.08. The molecule has 0 bridgehead atoms. The SMILES string of the molecule is CSc1cccc(Oc2ccc(F)cc2C)c1C#N. The van der Waals surface area contributed by atoms with E-state index in [-0.39, 0.29) is 5.82 Å². The lowest BCUT2D eigenvalue weighted by Gasteiger charge is -2.11. The maximum atomic E-state index is 13.0. The predicted molar refractivity (Wildman–Crippen MR) is 74.1 cm³/mol. The monoisotopic (exact) mass is 273 g/mol. The van der Waals surface area contributed by atoms with Crippen molar-refractivity contribution in [2.45, 2.75) is 11.8 Å². The Labute approximate surface area is 115 Å². The number of hydrogen-bond acceptors (Lipinski definition) is 3. The van der Waals surface area contributed by atoms with E-state index in [1.807, 2.05) is 18.4 Å². The van der Waals surface area contributed by atoms with Crippen molar-refractivity contribution in [2.75, 3.05) is 6.26 Å². The molecule has 0 spiro atoms. The van der Waals surface area contributed by atoms with Gasteiger partial charge in [0.25, 0.3) is 0 Å². The fraction of sp³-hybridized carbons (Fsp3) is 0.133. The van der Waals surface area contributed by atoms with E-state index in [1.54, 1.807) is 19.1 Å². The Bertz CT molecular complexity index is 649. The van der Waals surface area contributed by atoms with Gasteiger partial charge in [0.15, 0.2) is 0 Å². The molecule has 2 rings (SSSR count). The zero-order valence-corrected chi connectivity index (χ0v) is 11.4. The minimum absolute atomic E-state index is 0.303. The van der Waals surface area contributed by atoms with Gasteiger partial charge in [-0.15, -0.1) is 11.8 Å². The van der Waals surface area contributed by atoms with Gasteiger partial charge in [0.2, 0.25) is 0 Å². The van der Waals surface area contributed by atoms with Crippen LogP contribution in [0.1, 0.15) is 11.1 Å². The summed E-state index contributed by atoms with van der Waals surface area (Å²) < 4.78 is 18.8. The van der Waals surface area contributed by atoms with Gasteiger partial charge in [0.05, 0.1) is 0 Å². The molecule has 19 heavy (non-hydrogen) atoms. The van der Waals surface area contributed by atoms with Crippen molar-refractivity contribution in [1.29, 1.82) is 5.26 Å². The summed E-state index contributed by atoms with van der Waals surface area (Å²) in [5.74, 6) is 0.739. The number of aryl methyl sites for hydroxylation is 1. The summed E-state index contributed by atoms with van der Waals surface area (Å²) in [6.07, 6.45) is 1.91. The van der Waals surface area contributed by atoms with Crippen molar-refractivity contribution in [2.24, 2.45) is 0 Å². The van der Waals surface area contributed by atoms with Crippen LogP contribution in [0, 0.1) is 24.1 Å². The van der Waals surface area contributed by atoms with Crippen LogP contribution in [-0.4, -0.2) is 6.26 Å². The van der Waals surface area contributed by atoms with Crippen LogP contribution in [0.4, 0.5) is 4.39 Å². The second kappa shape index (κ2) is 5.77. The molecule has 0 aromatic heterocycles. The Balaban J connectivity index is 2.41. The van der Waals surface area contributed by atoms with Gasteiger partial charge in [-0.1, -0.05) is 6.07 Å². The van der Waals surface area contributed by atoms with Gasteiger partial charge in [-0.05, 0) is 49.1 Å². The highest BCUT2D eigenvalue weighted by atomic mass is 32.2. The van der Waals surface area contributed by atoms with E-state index in [4.69, 9.17) is 4.74 Å². The highest BCUT2D eigenvalue weighted by molar-refractivity contribution is 7.98. The highest BCUT2D eigenvalue weighted by Crippen LogP contribution is 2.32. The van der Waals surface area contributed by atoms with Crippen molar-refractivity contribution in [1.82, 2.24) is 0 Å². The molecule has 0 unspecified atom stereocenters. The van der Waals surface area contributed by atoms with Crippen LogP contribution in [0.2, 0.25) is 0 Å². The van der Waals surface area contributed by atoms with Crippen LogP contribution in [0.3, 0.4) is 0 Å². The fourth-order valence-corrected chi connectivity index (χ4v) is 2.29.